The standard InChI is InChI=1S/C13H27NO3/c1-11(2)7-14-8-13(9-15-3)17-10-12-5-4-6-16-12/h11-14H,4-10H2,1-3H3. The minimum absolute atomic E-state index is 0.128. The summed E-state index contributed by atoms with van der Waals surface area (Å²) in [5, 5.41) is 3.40. The van der Waals surface area contributed by atoms with Crippen LogP contribution in [-0.4, -0.2) is 52.2 Å². The van der Waals surface area contributed by atoms with Crippen LogP contribution in [0.3, 0.4) is 0 Å². The van der Waals surface area contributed by atoms with E-state index in [-0.39, 0.29) is 6.10 Å². The quantitative estimate of drug-likeness (QED) is 0.667. The maximum absolute atomic E-state index is 5.84. The SMILES string of the molecule is COCC(CNCC(C)C)OCC1CCCO1. The van der Waals surface area contributed by atoms with Crippen molar-refractivity contribution in [3.05, 3.63) is 0 Å². The van der Waals surface area contributed by atoms with Crippen molar-refractivity contribution < 1.29 is 14.2 Å². The molecule has 2 unspecified atom stereocenters. The third-order valence-corrected chi connectivity index (χ3v) is 2.82. The summed E-state index contributed by atoms with van der Waals surface area (Å²) in [6.45, 7) is 8.48. The highest BCUT2D eigenvalue weighted by Crippen LogP contribution is 2.12. The van der Waals surface area contributed by atoms with Gasteiger partial charge in [-0.3, -0.25) is 0 Å². The van der Waals surface area contributed by atoms with E-state index >= 15 is 0 Å². The van der Waals surface area contributed by atoms with Gasteiger partial charge in [-0.1, -0.05) is 13.8 Å². The summed E-state index contributed by atoms with van der Waals surface area (Å²) < 4.78 is 16.5. The van der Waals surface area contributed by atoms with Crippen LogP contribution in [0, 0.1) is 5.92 Å². The maximum atomic E-state index is 5.84. The van der Waals surface area contributed by atoms with E-state index in [0.717, 1.165) is 32.5 Å². The van der Waals surface area contributed by atoms with E-state index in [1.54, 1.807) is 7.11 Å². The number of hydrogen-bond acceptors (Lipinski definition) is 4. The molecule has 1 aliphatic heterocycles. The van der Waals surface area contributed by atoms with Gasteiger partial charge in [0.25, 0.3) is 0 Å². The van der Waals surface area contributed by atoms with Crippen LogP contribution in [-0.2, 0) is 14.2 Å². The summed E-state index contributed by atoms with van der Waals surface area (Å²) in [7, 11) is 1.71. The predicted molar refractivity (Wildman–Crippen MR) is 68.3 cm³/mol. The first kappa shape index (κ1) is 14.9. The van der Waals surface area contributed by atoms with Crippen molar-refractivity contribution in [2.45, 2.75) is 38.9 Å². The van der Waals surface area contributed by atoms with E-state index in [2.05, 4.69) is 19.2 Å². The zero-order valence-corrected chi connectivity index (χ0v) is 11.4. The Balaban J connectivity index is 2.12. The van der Waals surface area contributed by atoms with Crippen LogP contribution >= 0.6 is 0 Å². The van der Waals surface area contributed by atoms with Crippen LogP contribution < -0.4 is 5.32 Å². The normalized spacial score (nSPS) is 22.2. The van der Waals surface area contributed by atoms with Crippen molar-refractivity contribution in [3.8, 4) is 0 Å². The lowest BCUT2D eigenvalue weighted by Crippen LogP contribution is -2.36. The van der Waals surface area contributed by atoms with Crippen LogP contribution in [0.1, 0.15) is 26.7 Å². The minimum atomic E-state index is 0.128. The summed E-state index contributed by atoms with van der Waals surface area (Å²) in [6.07, 6.45) is 2.70. The smallest absolute Gasteiger partial charge is 0.0933 e. The van der Waals surface area contributed by atoms with Crippen LogP contribution in [0.4, 0.5) is 0 Å². The topological polar surface area (TPSA) is 39.7 Å². The molecule has 4 heteroatoms. The molecule has 1 heterocycles. The molecule has 4 nitrogen and oxygen atoms in total. The van der Waals surface area contributed by atoms with E-state index in [1.165, 1.54) is 0 Å². The van der Waals surface area contributed by atoms with Crippen molar-refractivity contribution in [1.29, 1.82) is 0 Å². The van der Waals surface area contributed by atoms with Gasteiger partial charge in [0.1, 0.15) is 0 Å². The molecule has 0 amide bonds. The van der Waals surface area contributed by atoms with Gasteiger partial charge >= 0.3 is 0 Å². The van der Waals surface area contributed by atoms with Gasteiger partial charge in [-0.2, -0.15) is 0 Å². The first-order chi connectivity index (χ1) is 8.22. The summed E-state index contributed by atoms with van der Waals surface area (Å²) in [5.74, 6) is 0.663. The molecule has 17 heavy (non-hydrogen) atoms. The van der Waals surface area contributed by atoms with E-state index in [0.29, 0.717) is 25.2 Å². The molecular formula is C13H27NO3. The highest BCUT2D eigenvalue weighted by atomic mass is 16.6. The summed E-state index contributed by atoms with van der Waals surface area (Å²) in [5.41, 5.74) is 0. The van der Waals surface area contributed by atoms with E-state index in [1.807, 2.05) is 0 Å². The molecule has 0 radical (unpaired) electrons. The molecule has 0 aromatic rings. The van der Waals surface area contributed by atoms with E-state index in [9.17, 15) is 0 Å². The maximum Gasteiger partial charge on any atom is 0.0933 e. The monoisotopic (exact) mass is 245 g/mol. The van der Waals surface area contributed by atoms with Gasteiger partial charge < -0.3 is 19.5 Å². The van der Waals surface area contributed by atoms with Crippen molar-refractivity contribution >= 4 is 0 Å². The second-order valence-corrected chi connectivity index (χ2v) is 5.10. The molecule has 0 aromatic heterocycles. The van der Waals surface area contributed by atoms with Crippen molar-refractivity contribution in [3.63, 3.8) is 0 Å². The molecule has 0 bridgehead atoms. The summed E-state index contributed by atoms with van der Waals surface area (Å²) >= 11 is 0. The number of nitrogens with one attached hydrogen (secondary N) is 1. The molecule has 0 aromatic carbocycles. The van der Waals surface area contributed by atoms with Crippen molar-refractivity contribution in [2.75, 3.05) is 40.0 Å². The second kappa shape index (κ2) is 8.86. The van der Waals surface area contributed by atoms with Crippen LogP contribution in [0.25, 0.3) is 0 Å². The van der Waals surface area contributed by atoms with Crippen molar-refractivity contribution in [2.24, 2.45) is 5.92 Å². The molecule has 102 valence electrons. The van der Waals surface area contributed by atoms with Crippen LogP contribution in [0.2, 0.25) is 0 Å². The van der Waals surface area contributed by atoms with E-state index in [4.69, 9.17) is 14.2 Å². The van der Waals surface area contributed by atoms with Crippen molar-refractivity contribution in [1.82, 2.24) is 5.32 Å². The fourth-order valence-electron chi connectivity index (χ4n) is 1.90. The second-order valence-electron chi connectivity index (χ2n) is 5.10. The summed E-state index contributed by atoms with van der Waals surface area (Å²) in [4.78, 5) is 0. The molecule has 0 aliphatic carbocycles. The average molecular weight is 245 g/mol. The zero-order chi connectivity index (χ0) is 12.5. The Kier molecular flexibility index (Phi) is 7.77. The van der Waals surface area contributed by atoms with Gasteiger partial charge in [0.05, 0.1) is 25.4 Å². The van der Waals surface area contributed by atoms with Gasteiger partial charge in [0.2, 0.25) is 0 Å². The third-order valence-electron chi connectivity index (χ3n) is 2.82. The lowest BCUT2D eigenvalue weighted by atomic mass is 10.2. The molecule has 1 saturated heterocycles. The minimum Gasteiger partial charge on any atom is -0.382 e. The van der Waals surface area contributed by atoms with Crippen LogP contribution in [0.15, 0.2) is 0 Å². The third kappa shape index (κ3) is 6.99. The number of ether oxygens (including phenoxy) is 3. The largest absolute Gasteiger partial charge is 0.382 e. The molecular weight excluding hydrogens is 218 g/mol. The zero-order valence-electron chi connectivity index (χ0n) is 11.4. The number of methoxy groups -OCH3 is 1. The predicted octanol–water partition coefficient (Wildman–Crippen LogP) is 1.44. The first-order valence-electron chi connectivity index (χ1n) is 6.65. The lowest BCUT2D eigenvalue weighted by molar-refractivity contribution is -0.0455. The number of rotatable bonds is 9. The van der Waals surface area contributed by atoms with Gasteiger partial charge in [-0.25, -0.2) is 0 Å². The van der Waals surface area contributed by atoms with Gasteiger partial charge in [-0.05, 0) is 25.3 Å². The Morgan fingerprint density at radius 3 is 2.76 bits per heavy atom. The summed E-state index contributed by atoms with van der Waals surface area (Å²) in [6, 6.07) is 0. The first-order valence-corrected chi connectivity index (χ1v) is 6.65. The van der Waals surface area contributed by atoms with Crippen LogP contribution in [0.5, 0.6) is 0 Å². The van der Waals surface area contributed by atoms with Gasteiger partial charge in [0, 0.05) is 20.3 Å². The lowest BCUT2D eigenvalue weighted by Gasteiger charge is -2.20. The number of hydrogen-bond donors (Lipinski definition) is 1. The van der Waals surface area contributed by atoms with Gasteiger partial charge in [0.15, 0.2) is 0 Å². The molecule has 0 saturated carbocycles. The molecule has 0 spiro atoms. The molecule has 2 atom stereocenters. The fourth-order valence-corrected chi connectivity index (χ4v) is 1.90. The fraction of sp³-hybridized carbons (Fsp3) is 1.00. The Labute approximate surface area is 105 Å². The van der Waals surface area contributed by atoms with E-state index < -0.39 is 0 Å². The molecule has 1 N–H and O–H groups in total. The molecule has 1 aliphatic rings. The Morgan fingerprint density at radius 2 is 2.18 bits per heavy atom. The molecule has 1 fully saturated rings. The highest BCUT2D eigenvalue weighted by Gasteiger charge is 2.18. The Bertz CT molecular complexity index is 182. The highest BCUT2D eigenvalue weighted by molar-refractivity contribution is 4.67. The Morgan fingerprint density at radius 1 is 1.35 bits per heavy atom. The molecule has 1 rings (SSSR count). The Hall–Kier alpha value is -0.160. The average Bonchev–Trinajstić information content (AvgIpc) is 2.78. The van der Waals surface area contributed by atoms with Gasteiger partial charge in [-0.15, -0.1) is 0 Å².